The Morgan fingerprint density at radius 1 is 1.16 bits per heavy atom. The summed E-state index contributed by atoms with van der Waals surface area (Å²) in [7, 11) is 1.51. The van der Waals surface area contributed by atoms with Crippen molar-refractivity contribution in [3.63, 3.8) is 0 Å². The van der Waals surface area contributed by atoms with Crippen molar-refractivity contribution in [3.05, 3.63) is 57.6 Å². The predicted molar refractivity (Wildman–Crippen MR) is 121 cm³/mol. The number of halogens is 1. The summed E-state index contributed by atoms with van der Waals surface area (Å²) in [5.41, 5.74) is 1.74. The zero-order chi connectivity index (χ0) is 22.7. The molecule has 31 heavy (non-hydrogen) atoms. The van der Waals surface area contributed by atoms with Gasteiger partial charge in [-0.1, -0.05) is 24.6 Å². The van der Waals surface area contributed by atoms with Crippen LogP contribution in [0.5, 0.6) is 11.5 Å². The van der Waals surface area contributed by atoms with Crippen LogP contribution in [0.3, 0.4) is 0 Å². The van der Waals surface area contributed by atoms with Crippen LogP contribution in [0, 0.1) is 6.92 Å². The summed E-state index contributed by atoms with van der Waals surface area (Å²) in [6.07, 6.45) is 2.22. The zero-order valence-electron chi connectivity index (χ0n) is 17.7. The number of barbiturate groups is 1. The minimum atomic E-state index is -0.785. The first-order chi connectivity index (χ1) is 14.7. The molecule has 0 aliphatic carbocycles. The molecule has 162 valence electrons. The van der Waals surface area contributed by atoms with Gasteiger partial charge < -0.3 is 9.47 Å². The normalized spacial score (nSPS) is 16.4. The summed E-state index contributed by atoms with van der Waals surface area (Å²) in [6, 6.07) is 9.48. The van der Waals surface area contributed by atoms with Crippen molar-refractivity contribution in [1.29, 1.82) is 0 Å². The molecule has 1 fully saturated rings. The fraction of sp³-hybridized carbons (Fsp3) is 0.261. The summed E-state index contributed by atoms with van der Waals surface area (Å²) in [4.78, 5) is 38.7. The second kappa shape index (κ2) is 9.34. The molecule has 1 atom stereocenters. The van der Waals surface area contributed by atoms with E-state index in [-0.39, 0.29) is 11.7 Å². The number of carbonyl (C=O) groups excluding carboxylic acids is 3. The predicted octanol–water partition coefficient (Wildman–Crippen LogP) is 4.61. The van der Waals surface area contributed by atoms with Crippen molar-refractivity contribution < 1.29 is 23.9 Å². The molecule has 0 bridgehead atoms. The second-order valence-electron chi connectivity index (χ2n) is 7.16. The van der Waals surface area contributed by atoms with Gasteiger partial charge in [0.15, 0.2) is 11.5 Å². The average Bonchev–Trinajstić information content (AvgIpc) is 2.73. The van der Waals surface area contributed by atoms with E-state index in [4.69, 9.17) is 9.47 Å². The highest BCUT2D eigenvalue weighted by atomic mass is 79.9. The maximum atomic E-state index is 13.0. The Hall–Kier alpha value is -3.13. The molecule has 1 aliphatic rings. The average molecular weight is 487 g/mol. The van der Waals surface area contributed by atoms with Crippen molar-refractivity contribution in [2.24, 2.45) is 0 Å². The maximum Gasteiger partial charge on any atom is 0.335 e. The highest BCUT2D eigenvalue weighted by molar-refractivity contribution is 9.10. The van der Waals surface area contributed by atoms with E-state index in [2.05, 4.69) is 21.2 Å². The molecule has 0 radical (unpaired) electrons. The van der Waals surface area contributed by atoms with Gasteiger partial charge in [-0.2, -0.15) is 0 Å². The molecule has 0 spiro atoms. The second-order valence-corrected chi connectivity index (χ2v) is 8.02. The van der Waals surface area contributed by atoms with Gasteiger partial charge in [-0.25, -0.2) is 9.69 Å². The number of anilines is 1. The maximum absolute atomic E-state index is 13.0. The van der Waals surface area contributed by atoms with E-state index in [1.54, 1.807) is 36.4 Å². The molecule has 7 nitrogen and oxygen atoms in total. The number of nitrogens with one attached hydrogen (secondary N) is 1. The van der Waals surface area contributed by atoms with Gasteiger partial charge in [0.25, 0.3) is 11.8 Å². The third-order valence-electron chi connectivity index (χ3n) is 4.85. The van der Waals surface area contributed by atoms with Gasteiger partial charge in [0.2, 0.25) is 0 Å². The van der Waals surface area contributed by atoms with Gasteiger partial charge in [0, 0.05) is 0 Å². The fourth-order valence-electron chi connectivity index (χ4n) is 2.97. The Bertz CT molecular complexity index is 1060. The molecular weight excluding hydrogens is 464 g/mol. The van der Waals surface area contributed by atoms with E-state index >= 15 is 0 Å². The number of hydrogen-bond acceptors (Lipinski definition) is 5. The lowest BCUT2D eigenvalue weighted by Crippen LogP contribution is -2.54. The van der Waals surface area contributed by atoms with E-state index < -0.39 is 17.8 Å². The Labute approximate surface area is 189 Å². The minimum absolute atomic E-state index is 0.0193. The van der Waals surface area contributed by atoms with E-state index in [1.807, 2.05) is 20.8 Å². The third kappa shape index (κ3) is 4.80. The molecule has 1 saturated heterocycles. The van der Waals surface area contributed by atoms with Crippen molar-refractivity contribution in [3.8, 4) is 11.5 Å². The van der Waals surface area contributed by atoms with Crippen LogP contribution >= 0.6 is 15.9 Å². The van der Waals surface area contributed by atoms with Gasteiger partial charge in [0.05, 0.1) is 23.4 Å². The van der Waals surface area contributed by atoms with Gasteiger partial charge in [0.1, 0.15) is 5.57 Å². The van der Waals surface area contributed by atoms with Crippen molar-refractivity contribution in [2.45, 2.75) is 33.3 Å². The highest BCUT2D eigenvalue weighted by Gasteiger charge is 2.36. The van der Waals surface area contributed by atoms with Gasteiger partial charge in [-0.05, 0) is 72.1 Å². The smallest absolute Gasteiger partial charge is 0.335 e. The summed E-state index contributed by atoms with van der Waals surface area (Å²) in [5, 5.41) is 2.22. The standard InChI is InChI=1S/C23H23BrN2O5/c1-5-14(3)31-20-18(24)11-15(12-19(20)30-4)10-17-21(27)25-23(29)26(22(17)28)16-8-6-13(2)7-9-16/h6-12,14H,5H2,1-4H3,(H,25,27,29)/b17-10+/t14-/m0/s1. The summed E-state index contributed by atoms with van der Waals surface area (Å²) >= 11 is 3.47. The zero-order valence-corrected chi connectivity index (χ0v) is 19.3. The summed E-state index contributed by atoms with van der Waals surface area (Å²) < 4.78 is 12.0. The number of imide groups is 2. The lowest BCUT2D eigenvalue weighted by Gasteiger charge is -2.26. The van der Waals surface area contributed by atoms with Crippen LogP contribution in [0.4, 0.5) is 10.5 Å². The summed E-state index contributed by atoms with van der Waals surface area (Å²) in [5.74, 6) is -0.465. The van der Waals surface area contributed by atoms with Gasteiger partial charge >= 0.3 is 6.03 Å². The molecule has 2 aromatic carbocycles. The molecule has 0 unspecified atom stereocenters. The monoisotopic (exact) mass is 486 g/mol. The first kappa shape index (κ1) is 22.6. The van der Waals surface area contributed by atoms with Crippen LogP contribution in [-0.4, -0.2) is 31.1 Å². The first-order valence-corrected chi connectivity index (χ1v) is 10.6. The molecular formula is C23H23BrN2O5. The van der Waals surface area contributed by atoms with E-state index in [9.17, 15) is 14.4 Å². The molecule has 1 aliphatic heterocycles. The molecule has 1 N–H and O–H groups in total. The van der Waals surface area contributed by atoms with Crippen molar-refractivity contribution >= 4 is 45.5 Å². The van der Waals surface area contributed by atoms with E-state index in [0.717, 1.165) is 16.9 Å². The van der Waals surface area contributed by atoms with Crippen LogP contribution < -0.4 is 19.7 Å². The molecule has 3 rings (SSSR count). The van der Waals surface area contributed by atoms with Crippen LogP contribution in [-0.2, 0) is 9.59 Å². The minimum Gasteiger partial charge on any atom is -0.493 e. The molecule has 0 aromatic heterocycles. The van der Waals surface area contributed by atoms with E-state index in [1.165, 1.54) is 13.2 Å². The Kier molecular flexibility index (Phi) is 6.80. The number of benzene rings is 2. The highest BCUT2D eigenvalue weighted by Crippen LogP contribution is 2.38. The van der Waals surface area contributed by atoms with Crippen LogP contribution in [0.1, 0.15) is 31.4 Å². The topological polar surface area (TPSA) is 84.9 Å². The number of nitrogens with zero attached hydrogens (tertiary/aromatic N) is 1. The van der Waals surface area contributed by atoms with Crippen molar-refractivity contribution in [2.75, 3.05) is 12.0 Å². The SMILES string of the molecule is CC[C@H](C)Oc1c(Br)cc(/C=C2\C(=O)NC(=O)N(c3ccc(C)cc3)C2=O)cc1OC. The van der Waals surface area contributed by atoms with Crippen LogP contribution in [0.15, 0.2) is 46.4 Å². The number of carbonyl (C=O) groups is 3. The molecule has 0 saturated carbocycles. The Balaban J connectivity index is 2.00. The Morgan fingerprint density at radius 3 is 2.45 bits per heavy atom. The number of urea groups is 1. The summed E-state index contributed by atoms with van der Waals surface area (Å²) in [6.45, 7) is 5.86. The van der Waals surface area contributed by atoms with Crippen molar-refractivity contribution in [1.82, 2.24) is 5.32 Å². The number of methoxy groups -OCH3 is 1. The number of ether oxygens (including phenoxy) is 2. The lowest BCUT2D eigenvalue weighted by atomic mass is 10.1. The quantitative estimate of drug-likeness (QED) is 0.475. The Morgan fingerprint density at radius 2 is 1.84 bits per heavy atom. The van der Waals surface area contributed by atoms with Crippen LogP contribution in [0.25, 0.3) is 6.08 Å². The number of rotatable bonds is 6. The largest absolute Gasteiger partial charge is 0.493 e. The van der Waals surface area contributed by atoms with Crippen LogP contribution in [0.2, 0.25) is 0 Å². The molecule has 2 aromatic rings. The fourth-order valence-corrected chi connectivity index (χ4v) is 3.53. The molecule has 8 heteroatoms. The third-order valence-corrected chi connectivity index (χ3v) is 5.44. The lowest BCUT2D eigenvalue weighted by molar-refractivity contribution is -0.122. The number of amides is 4. The molecule has 1 heterocycles. The number of hydrogen-bond donors (Lipinski definition) is 1. The van der Waals surface area contributed by atoms with E-state index in [0.29, 0.717) is 27.2 Å². The number of aryl methyl sites for hydroxylation is 1. The van der Waals surface area contributed by atoms with Gasteiger partial charge in [-0.15, -0.1) is 0 Å². The van der Waals surface area contributed by atoms with Gasteiger partial charge in [-0.3, -0.25) is 14.9 Å². The molecule has 4 amide bonds. The first-order valence-electron chi connectivity index (χ1n) is 9.77.